The number of nitrogens with zero attached hydrogens (tertiary/aromatic N) is 6. The zero-order valence-electron chi connectivity index (χ0n) is 20.0. The number of rotatable bonds is 8. The fourth-order valence-electron chi connectivity index (χ4n) is 3.94. The maximum Gasteiger partial charge on any atom is 0.413 e. The normalized spacial score (nSPS) is 12.8. The molecule has 2 aromatic heterocycles. The Morgan fingerprint density at radius 3 is 2.44 bits per heavy atom. The van der Waals surface area contributed by atoms with Gasteiger partial charge in [0.25, 0.3) is 5.91 Å². The highest BCUT2D eigenvalue weighted by Crippen LogP contribution is 2.22. The van der Waals surface area contributed by atoms with Crippen LogP contribution < -0.4 is 10.1 Å². The van der Waals surface area contributed by atoms with E-state index in [-0.39, 0.29) is 23.9 Å². The second-order valence-corrected chi connectivity index (χ2v) is 8.56. The first-order chi connectivity index (χ1) is 17.6. The molecule has 3 heterocycles. The van der Waals surface area contributed by atoms with Crippen LogP contribution in [-0.2, 0) is 20.0 Å². The molecule has 0 radical (unpaired) electrons. The number of hydrogen-bond acceptors (Lipinski definition) is 6. The average Bonchev–Trinajstić information content (AvgIpc) is 3.42. The zero-order chi connectivity index (χ0) is 24.9. The standard InChI is InChI=1S/C26H27N7O3/c1-31-25(21(17-28-31)24(34)32-15-8-16-32)36-26(35)27-14-13-22-29-23(20-11-6-3-7-12-20)30-33(22)18-19-9-4-2-5-10-19/h2-7,9-12,17H,8,13-16,18H2,1H3,(H,27,35). The lowest BCUT2D eigenvalue weighted by atomic mass is 10.2. The van der Waals surface area contributed by atoms with Gasteiger partial charge < -0.3 is 15.0 Å². The summed E-state index contributed by atoms with van der Waals surface area (Å²) in [7, 11) is 1.63. The second kappa shape index (κ2) is 10.4. The second-order valence-electron chi connectivity index (χ2n) is 8.56. The molecule has 0 aliphatic carbocycles. The summed E-state index contributed by atoms with van der Waals surface area (Å²) in [6.07, 6.45) is 2.20. The van der Waals surface area contributed by atoms with Crippen molar-refractivity contribution in [2.75, 3.05) is 19.6 Å². The number of carbonyl (C=O) groups is 2. The summed E-state index contributed by atoms with van der Waals surface area (Å²) in [4.78, 5) is 31.6. The largest absolute Gasteiger partial charge is 0.413 e. The topological polar surface area (TPSA) is 107 Å². The first kappa shape index (κ1) is 23.3. The Hall–Kier alpha value is -4.47. The maximum absolute atomic E-state index is 12.6. The molecule has 1 aliphatic rings. The van der Waals surface area contributed by atoms with Crippen LogP contribution in [0, 0.1) is 0 Å². The minimum Gasteiger partial charge on any atom is -0.391 e. The van der Waals surface area contributed by atoms with Crippen molar-refractivity contribution in [1.29, 1.82) is 0 Å². The number of aryl methyl sites for hydroxylation is 1. The van der Waals surface area contributed by atoms with E-state index < -0.39 is 6.09 Å². The molecule has 0 saturated carbocycles. The third-order valence-electron chi connectivity index (χ3n) is 6.02. The first-order valence-electron chi connectivity index (χ1n) is 11.9. The van der Waals surface area contributed by atoms with Gasteiger partial charge in [0.1, 0.15) is 11.4 Å². The molecule has 1 N–H and O–H groups in total. The van der Waals surface area contributed by atoms with Crippen molar-refractivity contribution in [2.24, 2.45) is 7.05 Å². The molecule has 36 heavy (non-hydrogen) atoms. The van der Waals surface area contributed by atoms with Gasteiger partial charge in [-0.1, -0.05) is 60.7 Å². The smallest absolute Gasteiger partial charge is 0.391 e. The molecular weight excluding hydrogens is 458 g/mol. The van der Waals surface area contributed by atoms with Crippen molar-refractivity contribution < 1.29 is 14.3 Å². The van der Waals surface area contributed by atoms with Gasteiger partial charge in [0.15, 0.2) is 5.82 Å². The summed E-state index contributed by atoms with van der Waals surface area (Å²) in [6.45, 7) is 2.26. The molecular formula is C26H27N7O3. The van der Waals surface area contributed by atoms with Crippen molar-refractivity contribution >= 4 is 12.0 Å². The predicted octanol–water partition coefficient (Wildman–Crippen LogP) is 2.90. The minimum atomic E-state index is -0.659. The molecule has 1 saturated heterocycles. The fraction of sp³-hybridized carbons (Fsp3) is 0.269. The SMILES string of the molecule is Cn1ncc(C(=O)N2CCC2)c1OC(=O)NCCc1nc(-c2ccccc2)nn1Cc1ccccc1. The van der Waals surface area contributed by atoms with Crippen LogP contribution in [0.4, 0.5) is 4.79 Å². The van der Waals surface area contributed by atoms with E-state index in [9.17, 15) is 9.59 Å². The van der Waals surface area contributed by atoms with E-state index >= 15 is 0 Å². The zero-order valence-corrected chi connectivity index (χ0v) is 20.0. The van der Waals surface area contributed by atoms with Gasteiger partial charge in [0.05, 0.1) is 12.7 Å². The predicted molar refractivity (Wildman–Crippen MR) is 132 cm³/mol. The van der Waals surface area contributed by atoms with Crippen molar-refractivity contribution in [1.82, 2.24) is 34.8 Å². The Morgan fingerprint density at radius 2 is 1.75 bits per heavy atom. The highest BCUT2D eigenvalue weighted by molar-refractivity contribution is 5.97. The Morgan fingerprint density at radius 1 is 1.03 bits per heavy atom. The van der Waals surface area contributed by atoms with Gasteiger partial charge in [0, 0.05) is 38.7 Å². The van der Waals surface area contributed by atoms with Gasteiger partial charge in [-0.25, -0.2) is 19.1 Å². The lowest BCUT2D eigenvalue weighted by molar-refractivity contribution is 0.0648. The fourth-order valence-corrected chi connectivity index (χ4v) is 3.94. The first-order valence-corrected chi connectivity index (χ1v) is 11.9. The molecule has 0 bridgehead atoms. The summed E-state index contributed by atoms with van der Waals surface area (Å²) in [6, 6.07) is 19.8. The number of amides is 2. The van der Waals surface area contributed by atoms with Crippen molar-refractivity contribution in [3.8, 4) is 17.3 Å². The summed E-state index contributed by atoms with van der Waals surface area (Å²) in [5.41, 5.74) is 2.31. The quantitative estimate of drug-likeness (QED) is 0.411. The maximum atomic E-state index is 12.6. The lowest BCUT2D eigenvalue weighted by Crippen LogP contribution is -2.42. The Kier molecular flexibility index (Phi) is 6.74. The monoisotopic (exact) mass is 485 g/mol. The van der Waals surface area contributed by atoms with Gasteiger partial charge in [0.2, 0.25) is 5.88 Å². The van der Waals surface area contributed by atoms with E-state index in [0.717, 1.165) is 23.4 Å². The Bertz CT molecular complexity index is 1340. The number of carbonyl (C=O) groups excluding carboxylic acids is 2. The van der Waals surface area contributed by atoms with Crippen LogP contribution in [0.1, 0.15) is 28.2 Å². The minimum absolute atomic E-state index is 0.128. The van der Waals surface area contributed by atoms with Gasteiger partial charge in [-0.3, -0.25) is 4.79 Å². The van der Waals surface area contributed by atoms with Crippen LogP contribution in [0.3, 0.4) is 0 Å². The number of aromatic nitrogens is 5. The van der Waals surface area contributed by atoms with Crippen LogP contribution >= 0.6 is 0 Å². The summed E-state index contributed by atoms with van der Waals surface area (Å²) < 4.78 is 8.70. The molecule has 10 nitrogen and oxygen atoms in total. The number of ether oxygens (including phenoxy) is 1. The van der Waals surface area contributed by atoms with Crippen LogP contribution in [0.15, 0.2) is 66.9 Å². The van der Waals surface area contributed by atoms with E-state index in [1.165, 1.54) is 10.9 Å². The summed E-state index contributed by atoms with van der Waals surface area (Å²) in [5, 5.41) is 11.6. The van der Waals surface area contributed by atoms with Gasteiger partial charge in [-0.05, 0) is 12.0 Å². The Labute approximate surface area is 208 Å². The Balaban J connectivity index is 1.25. The number of hydrogen-bond donors (Lipinski definition) is 1. The number of likely N-dealkylation sites (tertiary alicyclic amines) is 1. The van der Waals surface area contributed by atoms with Crippen molar-refractivity contribution in [3.05, 3.63) is 83.8 Å². The number of benzene rings is 2. The summed E-state index contributed by atoms with van der Waals surface area (Å²) in [5.74, 6) is 1.32. The molecule has 1 aliphatic heterocycles. The highest BCUT2D eigenvalue weighted by atomic mass is 16.6. The third-order valence-corrected chi connectivity index (χ3v) is 6.02. The van der Waals surface area contributed by atoms with E-state index in [4.69, 9.17) is 14.8 Å². The van der Waals surface area contributed by atoms with Gasteiger partial charge in [-0.2, -0.15) is 10.2 Å². The van der Waals surface area contributed by atoms with Gasteiger partial charge in [-0.15, -0.1) is 0 Å². The summed E-state index contributed by atoms with van der Waals surface area (Å²) >= 11 is 0. The van der Waals surface area contributed by atoms with Crippen molar-refractivity contribution in [3.63, 3.8) is 0 Å². The van der Waals surface area contributed by atoms with E-state index in [1.54, 1.807) is 11.9 Å². The molecule has 4 aromatic rings. The van der Waals surface area contributed by atoms with Crippen LogP contribution in [0.25, 0.3) is 11.4 Å². The van der Waals surface area contributed by atoms with Crippen LogP contribution in [0.2, 0.25) is 0 Å². The molecule has 0 unspecified atom stereocenters. The van der Waals surface area contributed by atoms with Crippen molar-refractivity contribution in [2.45, 2.75) is 19.4 Å². The molecule has 0 atom stereocenters. The molecule has 5 rings (SSSR count). The number of nitrogens with one attached hydrogen (secondary N) is 1. The molecule has 0 spiro atoms. The highest BCUT2D eigenvalue weighted by Gasteiger charge is 2.27. The molecule has 1 fully saturated rings. The van der Waals surface area contributed by atoms with E-state index in [1.807, 2.05) is 65.3 Å². The van der Waals surface area contributed by atoms with Gasteiger partial charge >= 0.3 is 6.09 Å². The lowest BCUT2D eigenvalue weighted by Gasteiger charge is -2.30. The van der Waals surface area contributed by atoms with Crippen LogP contribution in [-0.4, -0.2) is 61.1 Å². The molecule has 10 heteroatoms. The van der Waals surface area contributed by atoms with E-state index in [0.29, 0.717) is 31.9 Å². The third kappa shape index (κ3) is 5.12. The van der Waals surface area contributed by atoms with Crippen LogP contribution in [0.5, 0.6) is 5.88 Å². The molecule has 184 valence electrons. The average molecular weight is 486 g/mol. The molecule has 2 aromatic carbocycles. The van der Waals surface area contributed by atoms with E-state index in [2.05, 4.69) is 10.4 Å². The molecule has 2 amide bonds.